The summed E-state index contributed by atoms with van der Waals surface area (Å²) >= 11 is 0. The zero-order valence-corrected chi connectivity index (χ0v) is 13.1. The molecule has 116 valence electrons. The van der Waals surface area contributed by atoms with Gasteiger partial charge in [0.05, 0.1) is 12.7 Å². The van der Waals surface area contributed by atoms with Crippen molar-refractivity contribution < 1.29 is 9.59 Å². The second-order valence-electron chi connectivity index (χ2n) is 5.30. The van der Waals surface area contributed by atoms with Crippen molar-refractivity contribution in [1.29, 1.82) is 0 Å². The molecule has 6 nitrogen and oxygen atoms in total. The van der Waals surface area contributed by atoms with E-state index in [9.17, 15) is 9.59 Å². The number of hydrogen-bond acceptors (Lipinski definition) is 3. The molecule has 0 unspecified atom stereocenters. The first-order valence-electron chi connectivity index (χ1n) is 6.99. The van der Waals surface area contributed by atoms with E-state index in [2.05, 4.69) is 5.10 Å². The van der Waals surface area contributed by atoms with Gasteiger partial charge in [-0.2, -0.15) is 5.10 Å². The Bertz CT molecular complexity index is 651. The molecule has 1 aromatic heterocycles. The summed E-state index contributed by atoms with van der Waals surface area (Å²) in [5.41, 5.74) is 1.53. The monoisotopic (exact) mass is 300 g/mol. The molecule has 0 saturated heterocycles. The van der Waals surface area contributed by atoms with Crippen LogP contribution in [0.3, 0.4) is 0 Å². The first-order chi connectivity index (χ1) is 10.5. The molecule has 0 fully saturated rings. The zero-order valence-electron chi connectivity index (χ0n) is 13.1. The number of hydrogen-bond donors (Lipinski definition) is 0. The molecule has 0 aliphatic heterocycles. The Labute approximate surface area is 129 Å². The van der Waals surface area contributed by atoms with Gasteiger partial charge in [-0.25, -0.2) is 0 Å². The Morgan fingerprint density at radius 2 is 1.82 bits per heavy atom. The van der Waals surface area contributed by atoms with E-state index < -0.39 is 0 Å². The van der Waals surface area contributed by atoms with Crippen LogP contribution in [-0.2, 0) is 18.4 Å². The Morgan fingerprint density at radius 1 is 1.14 bits per heavy atom. The third kappa shape index (κ3) is 3.94. The molecule has 1 aromatic carbocycles. The number of nitrogens with zero attached hydrogens (tertiary/aromatic N) is 4. The smallest absolute Gasteiger partial charge is 0.254 e. The summed E-state index contributed by atoms with van der Waals surface area (Å²) in [6.45, 7) is 0.518. The lowest BCUT2D eigenvalue weighted by atomic mass is 10.2. The zero-order chi connectivity index (χ0) is 16.1. The van der Waals surface area contributed by atoms with E-state index in [1.54, 1.807) is 54.1 Å². The Hall–Kier alpha value is -2.63. The molecule has 0 aliphatic carbocycles. The van der Waals surface area contributed by atoms with E-state index in [4.69, 9.17) is 0 Å². The van der Waals surface area contributed by atoms with E-state index in [1.807, 2.05) is 19.3 Å². The normalized spacial score (nSPS) is 10.3. The van der Waals surface area contributed by atoms with Crippen LogP contribution in [0.25, 0.3) is 0 Å². The molecule has 0 atom stereocenters. The second kappa shape index (κ2) is 6.89. The van der Waals surface area contributed by atoms with Crippen LogP contribution < -0.4 is 0 Å². The van der Waals surface area contributed by atoms with Crippen LogP contribution in [0, 0.1) is 0 Å². The molecular weight excluding hydrogens is 280 g/mol. The molecule has 2 rings (SSSR count). The van der Waals surface area contributed by atoms with Gasteiger partial charge in [0.15, 0.2) is 0 Å². The van der Waals surface area contributed by atoms with Gasteiger partial charge in [0.1, 0.15) is 0 Å². The number of benzene rings is 1. The quantitative estimate of drug-likeness (QED) is 0.832. The van der Waals surface area contributed by atoms with E-state index in [0.29, 0.717) is 12.1 Å². The summed E-state index contributed by atoms with van der Waals surface area (Å²) < 4.78 is 1.69. The summed E-state index contributed by atoms with van der Waals surface area (Å²) in [6, 6.07) is 8.93. The molecule has 2 amide bonds. The summed E-state index contributed by atoms with van der Waals surface area (Å²) in [7, 11) is 5.18. The summed E-state index contributed by atoms with van der Waals surface area (Å²) in [5.74, 6) is -0.278. The van der Waals surface area contributed by atoms with Crippen LogP contribution in [0.5, 0.6) is 0 Å². The van der Waals surface area contributed by atoms with Crippen LogP contribution in [0.1, 0.15) is 15.9 Å². The van der Waals surface area contributed by atoms with Crippen molar-refractivity contribution in [3.63, 3.8) is 0 Å². The summed E-state index contributed by atoms with van der Waals surface area (Å²) in [6.07, 6.45) is 3.59. The molecule has 0 radical (unpaired) electrons. The number of aryl methyl sites for hydroxylation is 1. The largest absolute Gasteiger partial charge is 0.340 e. The van der Waals surface area contributed by atoms with Crippen molar-refractivity contribution in [2.24, 2.45) is 7.05 Å². The highest BCUT2D eigenvalue weighted by Crippen LogP contribution is 2.05. The average Bonchev–Trinajstić information content (AvgIpc) is 2.92. The average molecular weight is 300 g/mol. The molecule has 0 N–H and O–H groups in total. The van der Waals surface area contributed by atoms with Crippen molar-refractivity contribution in [3.05, 3.63) is 53.9 Å². The SMILES string of the molecule is CN(Cc1cnn(C)c1)C(=O)CN(C)C(=O)c1ccccc1. The third-order valence-electron chi connectivity index (χ3n) is 3.34. The van der Waals surface area contributed by atoms with Gasteiger partial charge in [-0.05, 0) is 12.1 Å². The van der Waals surface area contributed by atoms with Crippen molar-refractivity contribution in [3.8, 4) is 0 Å². The molecule has 1 heterocycles. The van der Waals surface area contributed by atoms with E-state index in [1.165, 1.54) is 4.90 Å². The van der Waals surface area contributed by atoms with Gasteiger partial charge in [-0.1, -0.05) is 18.2 Å². The van der Waals surface area contributed by atoms with Crippen LogP contribution in [-0.4, -0.2) is 52.0 Å². The van der Waals surface area contributed by atoms with Gasteiger partial charge >= 0.3 is 0 Å². The molecular formula is C16H20N4O2. The molecule has 6 heteroatoms. The maximum atomic E-state index is 12.2. The molecule has 22 heavy (non-hydrogen) atoms. The van der Waals surface area contributed by atoms with Crippen LogP contribution in [0.2, 0.25) is 0 Å². The molecule has 0 bridgehead atoms. The lowest BCUT2D eigenvalue weighted by molar-refractivity contribution is -0.130. The van der Waals surface area contributed by atoms with Crippen molar-refractivity contribution >= 4 is 11.8 Å². The predicted molar refractivity (Wildman–Crippen MR) is 83.1 cm³/mol. The predicted octanol–water partition coefficient (Wildman–Crippen LogP) is 1.15. The highest BCUT2D eigenvalue weighted by Gasteiger charge is 2.17. The summed E-state index contributed by atoms with van der Waals surface area (Å²) in [4.78, 5) is 27.4. The molecule has 2 aromatic rings. The minimum atomic E-state index is -0.163. The first-order valence-corrected chi connectivity index (χ1v) is 6.99. The van der Waals surface area contributed by atoms with E-state index in [0.717, 1.165) is 5.56 Å². The number of carbonyl (C=O) groups excluding carboxylic acids is 2. The standard InChI is InChI=1S/C16H20N4O2/c1-18(10-13-9-17-20(3)11-13)15(21)12-19(2)16(22)14-7-5-4-6-8-14/h4-9,11H,10,12H2,1-3H3. The number of likely N-dealkylation sites (N-methyl/N-ethyl adjacent to an activating group) is 2. The van der Waals surface area contributed by atoms with Gasteiger partial charge in [0, 0.05) is 45.0 Å². The highest BCUT2D eigenvalue weighted by molar-refractivity contribution is 5.96. The molecule has 0 aliphatic rings. The molecule has 0 saturated carbocycles. The van der Waals surface area contributed by atoms with Gasteiger partial charge < -0.3 is 9.80 Å². The van der Waals surface area contributed by atoms with Crippen molar-refractivity contribution in [2.45, 2.75) is 6.54 Å². The third-order valence-corrected chi connectivity index (χ3v) is 3.34. The minimum Gasteiger partial charge on any atom is -0.340 e. The number of rotatable bonds is 5. The van der Waals surface area contributed by atoms with E-state index >= 15 is 0 Å². The molecule has 0 spiro atoms. The Balaban J connectivity index is 1.91. The fourth-order valence-electron chi connectivity index (χ4n) is 2.11. The fraction of sp³-hybridized carbons (Fsp3) is 0.312. The van der Waals surface area contributed by atoms with Crippen LogP contribution >= 0.6 is 0 Å². The van der Waals surface area contributed by atoms with Gasteiger partial charge in [0.2, 0.25) is 5.91 Å². The maximum absolute atomic E-state index is 12.2. The first kappa shape index (κ1) is 15.8. The van der Waals surface area contributed by atoms with Crippen LogP contribution in [0.4, 0.5) is 0 Å². The van der Waals surface area contributed by atoms with Gasteiger partial charge in [-0.15, -0.1) is 0 Å². The van der Waals surface area contributed by atoms with Gasteiger partial charge in [-0.3, -0.25) is 14.3 Å². The highest BCUT2D eigenvalue weighted by atomic mass is 16.2. The topological polar surface area (TPSA) is 58.4 Å². The Morgan fingerprint density at radius 3 is 2.41 bits per heavy atom. The van der Waals surface area contributed by atoms with E-state index in [-0.39, 0.29) is 18.4 Å². The second-order valence-corrected chi connectivity index (χ2v) is 5.30. The summed E-state index contributed by atoms with van der Waals surface area (Å²) in [5, 5.41) is 4.07. The maximum Gasteiger partial charge on any atom is 0.254 e. The number of aromatic nitrogens is 2. The number of carbonyl (C=O) groups is 2. The van der Waals surface area contributed by atoms with Crippen LogP contribution in [0.15, 0.2) is 42.7 Å². The van der Waals surface area contributed by atoms with Crippen molar-refractivity contribution in [2.75, 3.05) is 20.6 Å². The lowest BCUT2D eigenvalue weighted by Gasteiger charge is -2.21. The lowest BCUT2D eigenvalue weighted by Crippen LogP contribution is -2.39. The fourth-order valence-corrected chi connectivity index (χ4v) is 2.11. The van der Waals surface area contributed by atoms with Crippen molar-refractivity contribution in [1.82, 2.24) is 19.6 Å². The van der Waals surface area contributed by atoms with Gasteiger partial charge in [0.25, 0.3) is 5.91 Å². The minimum absolute atomic E-state index is 0.0461. The Kier molecular flexibility index (Phi) is 4.93. The number of amides is 2.